The summed E-state index contributed by atoms with van der Waals surface area (Å²) in [6.45, 7) is 0. The quantitative estimate of drug-likeness (QED) is 0.359. The second-order valence-corrected chi connectivity index (χ2v) is 3.24. The fourth-order valence-corrected chi connectivity index (χ4v) is 1.43. The smallest absolute Gasteiger partial charge is 0.122 e. The minimum atomic E-state index is 0.0868. The van der Waals surface area contributed by atoms with Crippen LogP contribution in [0, 0.1) is 5.41 Å². The van der Waals surface area contributed by atoms with Crippen LogP contribution in [0.25, 0.3) is 10.8 Å². The van der Waals surface area contributed by atoms with Crippen LogP contribution >= 0.6 is 0 Å². The van der Waals surface area contributed by atoms with Crippen LogP contribution in [0.5, 0.6) is 0 Å². The van der Waals surface area contributed by atoms with Crippen LogP contribution in [-0.2, 0) is 0 Å². The van der Waals surface area contributed by atoms with Gasteiger partial charge in [-0.3, -0.25) is 5.41 Å². The Morgan fingerprint density at radius 2 is 1.64 bits per heavy atom. The van der Waals surface area contributed by atoms with Gasteiger partial charge < -0.3 is 11.5 Å². The fourth-order valence-electron chi connectivity index (χ4n) is 1.43. The lowest BCUT2D eigenvalue weighted by Gasteiger charge is -2.02. The Bertz CT molecular complexity index is 503. The zero-order valence-electron chi connectivity index (χ0n) is 7.62. The third-order valence-corrected chi connectivity index (χ3v) is 2.18. The molecule has 0 aliphatic carbocycles. The monoisotopic (exact) mass is 185 g/mol. The summed E-state index contributed by atoms with van der Waals surface area (Å²) < 4.78 is 0. The summed E-state index contributed by atoms with van der Waals surface area (Å²) >= 11 is 0. The standard InChI is InChI=1S/C11H11N3/c12-10-4-3-7-5-9(11(13)14)2-1-8(7)6-10/h1-6H,12H2,(H3,13,14). The maximum Gasteiger partial charge on any atom is 0.122 e. The molecule has 0 aliphatic rings. The predicted molar refractivity (Wildman–Crippen MR) is 59.4 cm³/mol. The van der Waals surface area contributed by atoms with E-state index in [1.165, 1.54) is 0 Å². The van der Waals surface area contributed by atoms with Gasteiger partial charge in [0.15, 0.2) is 0 Å². The van der Waals surface area contributed by atoms with Gasteiger partial charge in [0.05, 0.1) is 0 Å². The number of benzene rings is 2. The number of nitrogens with two attached hydrogens (primary N) is 2. The minimum absolute atomic E-state index is 0.0868. The Morgan fingerprint density at radius 3 is 2.36 bits per heavy atom. The topological polar surface area (TPSA) is 75.9 Å². The molecular weight excluding hydrogens is 174 g/mol. The molecule has 2 aromatic carbocycles. The SMILES string of the molecule is N=C(N)c1ccc2cc(N)ccc2c1. The van der Waals surface area contributed by atoms with Crippen molar-refractivity contribution in [3.8, 4) is 0 Å². The lowest BCUT2D eigenvalue weighted by atomic mass is 10.1. The van der Waals surface area contributed by atoms with Crippen LogP contribution in [0.1, 0.15) is 5.56 Å². The fraction of sp³-hybridized carbons (Fsp3) is 0. The first-order valence-corrected chi connectivity index (χ1v) is 4.30. The average molecular weight is 185 g/mol. The summed E-state index contributed by atoms with van der Waals surface area (Å²) in [5, 5.41) is 9.42. The maximum atomic E-state index is 7.31. The first-order chi connectivity index (χ1) is 6.66. The number of nitrogens with one attached hydrogen (secondary N) is 1. The van der Waals surface area contributed by atoms with Gasteiger partial charge in [-0.1, -0.05) is 18.2 Å². The summed E-state index contributed by atoms with van der Waals surface area (Å²) in [5.41, 5.74) is 12.5. The van der Waals surface area contributed by atoms with E-state index in [-0.39, 0.29) is 5.84 Å². The summed E-state index contributed by atoms with van der Waals surface area (Å²) in [5.74, 6) is 0.0868. The van der Waals surface area contributed by atoms with Crippen molar-refractivity contribution in [1.82, 2.24) is 0 Å². The molecule has 3 nitrogen and oxygen atoms in total. The highest BCUT2D eigenvalue weighted by Crippen LogP contribution is 2.18. The molecule has 0 atom stereocenters. The van der Waals surface area contributed by atoms with Crippen molar-refractivity contribution < 1.29 is 0 Å². The Morgan fingerprint density at radius 1 is 1.00 bits per heavy atom. The lowest BCUT2D eigenvalue weighted by molar-refractivity contribution is 1.43. The van der Waals surface area contributed by atoms with Gasteiger partial charge in [-0.25, -0.2) is 0 Å². The van der Waals surface area contributed by atoms with Crippen LogP contribution in [-0.4, -0.2) is 5.84 Å². The Balaban J connectivity index is 2.67. The van der Waals surface area contributed by atoms with E-state index in [2.05, 4.69) is 0 Å². The van der Waals surface area contributed by atoms with Crippen LogP contribution in [0.3, 0.4) is 0 Å². The predicted octanol–water partition coefficient (Wildman–Crippen LogP) is 1.71. The molecule has 2 aromatic rings. The number of hydrogen-bond acceptors (Lipinski definition) is 2. The average Bonchev–Trinajstić information content (AvgIpc) is 2.16. The van der Waals surface area contributed by atoms with E-state index >= 15 is 0 Å². The molecule has 0 heterocycles. The van der Waals surface area contributed by atoms with E-state index < -0.39 is 0 Å². The molecule has 2 rings (SSSR count). The third kappa shape index (κ3) is 1.40. The van der Waals surface area contributed by atoms with E-state index in [0.717, 1.165) is 22.0 Å². The molecule has 0 amide bonds. The largest absolute Gasteiger partial charge is 0.399 e. The highest BCUT2D eigenvalue weighted by Gasteiger charge is 1.98. The van der Waals surface area contributed by atoms with Crippen LogP contribution in [0.15, 0.2) is 36.4 Å². The van der Waals surface area contributed by atoms with Crippen molar-refractivity contribution in [2.24, 2.45) is 5.73 Å². The number of rotatable bonds is 1. The molecule has 0 bridgehead atoms. The second-order valence-electron chi connectivity index (χ2n) is 3.24. The van der Waals surface area contributed by atoms with E-state index in [0.29, 0.717) is 0 Å². The van der Waals surface area contributed by atoms with Crippen molar-refractivity contribution in [3.63, 3.8) is 0 Å². The molecule has 0 saturated heterocycles. The molecule has 5 N–H and O–H groups in total. The van der Waals surface area contributed by atoms with Crippen molar-refractivity contribution >= 4 is 22.3 Å². The molecule has 0 unspecified atom stereocenters. The highest BCUT2D eigenvalue weighted by molar-refractivity contribution is 5.99. The summed E-state index contributed by atoms with van der Waals surface area (Å²) in [6.07, 6.45) is 0. The van der Waals surface area contributed by atoms with Gasteiger partial charge >= 0.3 is 0 Å². The van der Waals surface area contributed by atoms with E-state index in [9.17, 15) is 0 Å². The van der Waals surface area contributed by atoms with Gasteiger partial charge in [0, 0.05) is 11.3 Å². The van der Waals surface area contributed by atoms with Gasteiger partial charge in [0.2, 0.25) is 0 Å². The van der Waals surface area contributed by atoms with E-state index in [1.54, 1.807) is 0 Å². The number of anilines is 1. The Labute approximate surface area is 81.8 Å². The van der Waals surface area contributed by atoms with Crippen molar-refractivity contribution in [1.29, 1.82) is 5.41 Å². The van der Waals surface area contributed by atoms with Gasteiger partial charge in [0.25, 0.3) is 0 Å². The number of hydrogen-bond donors (Lipinski definition) is 3. The van der Waals surface area contributed by atoms with Gasteiger partial charge in [-0.15, -0.1) is 0 Å². The Hall–Kier alpha value is -2.03. The summed E-state index contributed by atoms with van der Waals surface area (Å²) in [4.78, 5) is 0. The lowest BCUT2D eigenvalue weighted by Crippen LogP contribution is -2.10. The molecule has 14 heavy (non-hydrogen) atoms. The van der Waals surface area contributed by atoms with Crippen LogP contribution in [0.2, 0.25) is 0 Å². The molecule has 70 valence electrons. The van der Waals surface area contributed by atoms with E-state index in [4.69, 9.17) is 16.9 Å². The second kappa shape index (κ2) is 3.03. The Kier molecular flexibility index (Phi) is 1.85. The molecule has 3 heteroatoms. The van der Waals surface area contributed by atoms with Crippen molar-refractivity contribution in [3.05, 3.63) is 42.0 Å². The molecule has 0 aromatic heterocycles. The van der Waals surface area contributed by atoms with Gasteiger partial charge in [0.1, 0.15) is 5.84 Å². The first kappa shape index (κ1) is 8.56. The minimum Gasteiger partial charge on any atom is -0.399 e. The number of fused-ring (bicyclic) bond motifs is 1. The van der Waals surface area contributed by atoms with E-state index in [1.807, 2.05) is 36.4 Å². The third-order valence-electron chi connectivity index (χ3n) is 2.18. The molecule has 0 aliphatic heterocycles. The first-order valence-electron chi connectivity index (χ1n) is 4.30. The van der Waals surface area contributed by atoms with Crippen LogP contribution < -0.4 is 11.5 Å². The summed E-state index contributed by atoms with van der Waals surface area (Å²) in [7, 11) is 0. The van der Waals surface area contributed by atoms with Crippen molar-refractivity contribution in [2.45, 2.75) is 0 Å². The molecule has 0 fully saturated rings. The molecular formula is C11H11N3. The van der Waals surface area contributed by atoms with Gasteiger partial charge in [-0.2, -0.15) is 0 Å². The molecule has 0 spiro atoms. The number of nitrogen functional groups attached to an aromatic ring is 2. The normalized spacial score (nSPS) is 10.3. The highest BCUT2D eigenvalue weighted by atomic mass is 14.7. The zero-order valence-corrected chi connectivity index (χ0v) is 7.62. The summed E-state index contributed by atoms with van der Waals surface area (Å²) in [6, 6.07) is 11.3. The van der Waals surface area contributed by atoms with Gasteiger partial charge in [-0.05, 0) is 29.0 Å². The zero-order chi connectivity index (χ0) is 10.1. The maximum absolute atomic E-state index is 7.31. The van der Waals surface area contributed by atoms with Crippen molar-refractivity contribution in [2.75, 3.05) is 5.73 Å². The number of amidine groups is 1. The van der Waals surface area contributed by atoms with Crippen LogP contribution in [0.4, 0.5) is 5.69 Å². The molecule has 0 radical (unpaired) electrons. The molecule has 0 saturated carbocycles.